The molecule has 6 aromatic rings. The number of aliphatic hydroxyl groups excluding tert-OH is 3. The number of ether oxygens (including phenoxy) is 3. The number of likely N-dealkylation sites (N-methyl/N-ethyl adjacent to an activating group) is 1. The minimum absolute atomic E-state index is 0.0000320. The van der Waals surface area contributed by atoms with Crippen molar-refractivity contribution >= 4 is 41.3 Å². The highest BCUT2D eigenvalue weighted by Crippen LogP contribution is 2.62. The number of aryl methyl sites for hydroxylation is 1. The normalized spacial score (nSPS) is 26.3. The molecule has 4 bridgehead atoms. The fourth-order valence-corrected chi connectivity index (χ4v) is 19.0. The Bertz CT molecular complexity index is 4270. The van der Waals surface area contributed by atoms with Crippen LogP contribution in [-0.2, 0) is 54.7 Å². The van der Waals surface area contributed by atoms with Crippen LogP contribution in [0, 0.1) is 58.2 Å². The average Bonchev–Trinajstić information content (AvgIpc) is 0.985. The van der Waals surface area contributed by atoms with Crippen LogP contribution < -0.4 is 35.6 Å². The third-order valence-corrected chi connectivity index (χ3v) is 25.4. The monoisotopic (exact) mass is 1520 g/mol. The fourth-order valence-electron chi connectivity index (χ4n) is 19.0. The molecular formula is C88H116N8O15. The molecule has 2 saturated heterocycles. The van der Waals surface area contributed by atoms with Gasteiger partial charge >= 0.3 is 11.9 Å². The number of anilines is 1. The number of carbonyl (C=O) groups is 6. The number of aliphatic hydroxyl groups is 3. The van der Waals surface area contributed by atoms with E-state index >= 15 is 0 Å². The van der Waals surface area contributed by atoms with Gasteiger partial charge in [-0.15, -0.1) is 0 Å². The van der Waals surface area contributed by atoms with Gasteiger partial charge in [-0.2, -0.15) is 10.1 Å². The molecule has 6 aliphatic carbocycles. The number of rotatable bonds is 29. The number of carboxylic acids is 1. The number of esters is 1. The fraction of sp³-hybridized carbons (Fsp3) is 0.523. The van der Waals surface area contributed by atoms with Crippen LogP contribution in [-0.4, -0.2) is 195 Å². The van der Waals surface area contributed by atoms with Crippen molar-refractivity contribution in [1.29, 1.82) is 0 Å². The number of para-hydroxylation sites is 2. The molecule has 2 aliphatic heterocycles. The number of benzene rings is 6. The highest BCUT2D eigenvalue weighted by Gasteiger charge is 2.60. The SMILES string of the molecule is CNC(=O)c1cc(-c2cccc(CN3O[C@@H](CO)[C@@H]([C@H](C)OC(=O)CCc4ccccc4)[C@H]3C(=O)N[C@H]3C[C@H]4C[C@@H]([C@@H]3C)C4(C)C)c2OC)cc(N(C)C)c1.COc1c(CN2O[C@@H](CO)[C@H]([C@H](C)O)[C@H]2C(=O)N[C@H]2C[C@H]3C[C@@H]([C@@H]2C)C3(C)C)cccc1-c1cc(C(=O)O)cc(C(=O)N[C@@H](Cc2ccccc2)CN(C)C)c1. The molecule has 23 heteroatoms. The lowest BCUT2D eigenvalue weighted by atomic mass is 9.45. The van der Waals surface area contributed by atoms with Crippen LogP contribution in [0.15, 0.2) is 133 Å². The van der Waals surface area contributed by atoms with Gasteiger partial charge in [-0.3, -0.25) is 33.6 Å². The molecule has 14 rings (SSSR count). The van der Waals surface area contributed by atoms with Gasteiger partial charge in [0.2, 0.25) is 11.8 Å². The molecule has 2 heterocycles. The van der Waals surface area contributed by atoms with E-state index in [0.717, 1.165) is 46.3 Å². The first-order valence-electron chi connectivity index (χ1n) is 39.2. The number of nitrogens with zero attached hydrogens (tertiary/aromatic N) is 4. The molecule has 23 nitrogen and oxygen atoms in total. The molecule has 6 aromatic carbocycles. The Balaban J connectivity index is 0.000000220. The van der Waals surface area contributed by atoms with Gasteiger partial charge in [-0.05, 0) is 171 Å². The van der Waals surface area contributed by atoms with Gasteiger partial charge in [-0.25, -0.2) is 4.79 Å². The van der Waals surface area contributed by atoms with Crippen molar-refractivity contribution in [3.8, 4) is 33.8 Å². The number of hydrogen-bond donors (Lipinski definition) is 8. The summed E-state index contributed by atoms with van der Waals surface area (Å²) in [4.78, 5) is 97.8. The third kappa shape index (κ3) is 18.2. The van der Waals surface area contributed by atoms with Crippen LogP contribution in [0.4, 0.5) is 5.69 Å². The first kappa shape index (κ1) is 83.2. The second kappa shape index (κ2) is 35.5. The molecular weight excluding hydrogens is 1410 g/mol. The van der Waals surface area contributed by atoms with Crippen LogP contribution in [0.3, 0.4) is 0 Å². The molecule has 111 heavy (non-hydrogen) atoms. The number of hydroxylamine groups is 4. The second-order valence-electron chi connectivity index (χ2n) is 33.4. The highest BCUT2D eigenvalue weighted by molar-refractivity contribution is 6.00. The molecule has 4 amide bonds. The summed E-state index contributed by atoms with van der Waals surface area (Å²) in [5.41, 5.74) is 8.01. The quantitative estimate of drug-likeness (QED) is 0.0203. The van der Waals surface area contributed by atoms with Crippen LogP contribution in [0.25, 0.3) is 22.3 Å². The summed E-state index contributed by atoms with van der Waals surface area (Å²) in [6.45, 7) is 17.1. The Labute approximate surface area is 654 Å². The lowest BCUT2D eigenvalue weighted by Crippen LogP contribution is -2.62. The maximum atomic E-state index is 14.7. The number of aromatic carboxylic acids is 1. The van der Waals surface area contributed by atoms with Crippen molar-refractivity contribution in [3.05, 3.63) is 172 Å². The third-order valence-electron chi connectivity index (χ3n) is 25.4. The summed E-state index contributed by atoms with van der Waals surface area (Å²) < 4.78 is 18.1. The van der Waals surface area contributed by atoms with Gasteiger partial charge in [0.25, 0.3) is 11.8 Å². The minimum Gasteiger partial charge on any atom is -0.496 e. The second-order valence-corrected chi connectivity index (χ2v) is 33.4. The van der Waals surface area contributed by atoms with Crippen LogP contribution in [0.5, 0.6) is 11.5 Å². The van der Waals surface area contributed by atoms with Crippen molar-refractivity contribution in [1.82, 2.24) is 36.3 Å². The summed E-state index contributed by atoms with van der Waals surface area (Å²) in [6, 6.07) is 39.0. The number of methoxy groups -OCH3 is 2. The average molecular weight is 1530 g/mol. The number of carbonyl (C=O) groups excluding carboxylic acids is 5. The molecule has 8 N–H and O–H groups in total. The molecule has 0 radical (unpaired) electrons. The summed E-state index contributed by atoms with van der Waals surface area (Å²) >= 11 is 0. The van der Waals surface area contributed by atoms with Crippen molar-refractivity contribution in [2.75, 3.05) is 74.1 Å². The molecule has 6 saturated carbocycles. The standard InChI is InChI=1S/C44H58N4O8.C44H58N4O7/c1-25-35-20-32(44(35,3)4)21-36(25)46-42(52)39-38(26(2)50)37(24-49)56-48(39)22-28-14-11-15-34(40(28)55-7)29-17-30(19-31(18-29)43(53)54)41(51)45-33(23-47(5)6)16-27-12-9-8-10-13-27;1-26-35-22-32(44(35,3)4)23-36(26)46-43(52)40-39(27(2)54-38(50)18-17-28-13-10-9-11-14-28)37(25-49)55-48(40)24-29-15-12-16-34(41(29)53-8)30-19-31(42(51)45-5)21-33(20-30)47(6)7/h8-15,17-19,25-26,32-33,35-39,49-50H,16,20-24H2,1-7H3,(H,45,51)(H,46,52)(H,53,54);9-16,19-21,26-27,32,35-37,39-40,49H,17-18,22-25H2,1-8H3,(H,45,51)(H,46,52)/t25-,26-,32+,33-,35-,36-,37-,38-,39-;26-,27-,32+,35-,36-,37-,39+,40-/m00/s1. The molecule has 0 spiro atoms. The van der Waals surface area contributed by atoms with Gasteiger partial charge < -0.3 is 65.7 Å². The number of fused-ring (bicyclic) bond motifs is 4. The predicted molar refractivity (Wildman–Crippen MR) is 425 cm³/mol. The van der Waals surface area contributed by atoms with Gasteiger partial charge in [0, 0.05) is 97.2 Å². The maximum absolute atomic E-state index is 14.7. The Morgan fingerprint density at radius 3 is 1.53 bits per heavy atom. The topological polar surface area (TPSA) is 291 Å². The minimum atomic E-state index is -1.18. The van der Waals surface area contributed by atoms with Crippen LogP contribution in [0.2, 0.25) is 0 Å². The molecule has 0 aromatic heterocycles. The van der Waals surface area contributed by atoms with E-state index in [2.05, 4.69) is 62.8 Å². The lowest BCUT2D eigenvalue weighted by molar-refractivity contribution is -0.183. The summed E-state index contributed by atoms with van der Waals surface area (Å²) in [5, 5.41) is 57.8. The highest BCUT2D eigenvalue weighted by atomic mass is 16.7. The Kier molecular flexibility index (Phi) is 26.6. The van der Waals surface area contributed by atoms with Crippen molar-refractivity contribution < 1.29 is 73.1 Å². The van der Waals surface area contributed by atoms with E-state index < -0.39 is 66.8 Å². The Hall–Kier alpha value is -8.78. The molecule has 17 atom stereocenters. The molecule has 0 unspecified atom stereocenters. The summed E-state index contributed by atoms with van der Waals surface area (Å²) in [5.74, 6) is -0.309. The molecule has 8 aliphatic rings. The van der Waals surface area contributed by atoms with Crippen molar-refractivity contribution in [2.45, 2.75) is 168 Å². The zero-order chi connectivity index (χ0) is 80.1. The Morgan fingerprint density at radius 2 is 1.08 bits per heavy atom. The van der Waals surface area contributed by atoms with Crippen LogP contribution >= 0.6 is 0 Å². The summed E-state index contributed by atoms with van der Waals surface area (Å²) in [7, 11) is 12.4. The largest absolute Gasteiger partial charge is 0.496 e. The van der Waals surface area contributed by atoms with E-state index in [0.29, 0.717) is 88.6 Å². The van der Waals surface area contributed by atoms with E-state index in [1.807, 2.05) is 141 Å². The number of amides is 4. The smallest absolute Gasteiger partial charge is 0.335 e. The van der Waals surface area contributed by atoms with Crippen LogP contribution in [0.1, 0.15) is 141 Å². The van der Waals surface area contributed by atoms with Gasteiger partial charge in [0.1, 0.15) is 41.9 Å². The molecule has 8 fully saturated rings. The van der Waals surface area contributed by atoms with E-state index in [9.17, 15) is 49.2 Å². The number of carboxylic acid groups (broad SMARTS) is 1. The van der Waals surface area contributed by atoms with Gasteiger partial charge in [0.05, 0.1) is 58.1 Å². The number of hydrogen-bond acceptors (Lipinski definition) is 18. The Morgan fingerprint density at radius 1 is 0.604 bits per heavy atom. The maximum Gasteiger partial charge on any atom is 0.335 e. The van der Waals surface area contributed by atoms with E-state index in [-0.39, 0.29) is 89.9 Å². The van der Waals surface area contributed by atoms with Crippen molar-refractivity contribution in [3.63, 3.8) is 0 Å². The first-order valence-corrected chi connectivity index (χ1v) is 39.2. The van der Waals surface area contributed by atoms with Gasteiger partial charge in [0.15, 0.2) is 0 Å². The van der Waals surface area contributed by atoms with Gasteiger partial charge in [-0.1, -0.05) is 139 Å². The van der Waals surface area contributed by atoms with Crippen molar-refractivity contribution in [2.24, 2.45) is 58.2 Å². The number of nitrogens with one attached hydrogen (secondary N) is 4. The zero-order valence-corrected chi connectivity index (χ0v) is 67.1. The van der Waals surface area contributed by atoms with E-state index in [1.54, 1.807) is 51.3 Å². The lowest BCUT2D eigenvalue weighted by Gasteiger charge is -2.62. The van der Waals surface area contributed by atoms with E-state index in [1.165, 1.54) is 37.1 Å². The predicted octanol–water partition coefficient (Wildman–Crippen LogP) is 10.3. The molecule has 598 valence electrons. The van der Waals surface area contributed by atoms with E-state index in [4.69, 9.17) is 23.9 Å². The summed E-state index contributed by atoms with van der Waals surface area (Å²) in [6.07, 6.45) is 2.15. The first-order chi connectivity index (χ1) is 52.9. The zero-order valence-electron chi connectivity index (χ0n) is 67.1.